The van der Waals surface area contributed by atoms with Gasteiger partial charge in [-0.3, -0.25) is 0 Å². The van der Waals surface area contributed by atoms with Crippen molar-refractivity contribution in [1.29, 1.82) is 0 Å². The van der Waals surface area contributed by atoms with E-state index in [0.717, 1.165) is 18.8 Å². The Morgan fingerprint density at radius 1 is 0.293 bits per heavy atom. The van der Waals surface area contributed by atoms with Crippen LogP contribution in [0.1, 0.15) is 254 Å². The summed E-state index contributed by atoms with van der Waals surface area (Å²) < 4.78 is 6.33. The van der Waals surface area contributed by atoms with Crippen LogP contribution in [0, 0.1) is 0 Å². The van der Waals surface area contributed by atoms with Crippen LogP contribution in [-0.2, 0) is 5.41 Å². The number of unbranched alkanes of at least 4 members (excludes halogenated alkanes) is 27. The van der Waals surface area contributed by atoms with Crippen molar-refractivity contribution in [2.45, 2.75) is 232 Å². The average Bonchev–Trinajstić information content (AvgIpc) is 2.75. The van der Waals surface area contributed by atoms with Gasteiger partial charge < -0.3 is 4.74 Å². The molecule has 0 unspecified atom stereocenters. The molecule has 7 aromatic rings. The molecule has 432 valence electrons. The minimum absolute atomic E-state index is 0.0270. The number of fused-ring (bicyclic) bond motifs is 6. The third kappa shape index (κ3) is 16.5. The third-order valence-electron chi connectivity index (χ3n) is 18.7. The Labute approximate surface area is 498 Å². The van der Waals surface area contributed by atoms with Crippen LogP contribution in [0.4, 0.5) is 0 Å². The maximum absolute atomic E-state index is 6.33. The monoisotopic (exact) mass is 1090 g/mol. The zero-order chi connectivity index (χ0) is 56.4. The molecule has 1 heteroatoms. The molecular formula is C81H102O. The van der Waals surface area contributed by atoms with Crippen molar-refractivity contribution in [3.63, 3.8) is 0 Å². The molecule has 0 heterocycles. The molecule has 7 aromatic carbocycles. The minimum atomic E-state index is -0.0270. The van der Waals surface area contributed by atoms with E-state index in [0.29, 0.717) is 0 Å². The largest absolute Gasteiger partial charge is 0.494 e. The first-order valence-electron chi connectivity index (χ1n) is 33.7. The molecule has 0 saturated heterocycles. The molecule has 0 N–H and O–H groups in total. The lowest BCUT2D eigenvalue weighted by Gasteiger charge is -2.33. The predicted molar refractivity (Wildman–Crippen MR) is 358 cm³/mol. The molecule has 2 aliphatic carbocycles. The standard InChI is InChI=1S/C81H102O/c1-4-7-10-13-16-19-22-25-28-37-56-81(57-38-29-26-23-20-17-14-11-8-5-2)79-62-69(66-42-35-32-36-43-66)48-54-74(79)75-55-49-70(63-80(75)81)68-47-53-73-72-52-46-67(65-40-33-31-34-41-65)60-77(72)76(78(73)61-68)59-64-44-50-71(51-45-64)82-58-39-30-27-24-21-18-15-12-9-6-3/h31-36,40-55,59-63H,4-30,37-39,56-58H2,1-3H3/b76-59-. The van der Waals surface area contributed by atoms with Crippen LogP contribution in [-0.4, -0.2) is 6.61 Å². The van der Waals surface area contributed by atoms with E-state index in [1.54, 1.807) is 11.1 Å². The fourth-order valence-corrected chi connectivity index (χ4v) is 13.9. The Balaban J connectivity index is 1.00. The molecule has 0 spiro atoms. The van der Waals surface area contributed by atoms with Crippen LogP contribution in [0.3, 0.4) is 0 Å². The number of hydrogen-bond donors (Lipinski definition) is 0. The fourth-order valence-electron chi connectivity index (χ4n) is 13.9. The number of ether oxygens (including phenoxy) is 1. The molecule has 0 bridgehead atoms. The maximum atomic E-state index is 6.33. The van der Waals surface area contributed by atoms with Gasteiger partial charge in [-0.1, -0.05) is 328 Å². The molecule has 0 amide bonds. The van der Waals surface area contributed by atoms with Crippen molar-refractivity contribution in [1.82, 2.24) is 0 Å². The van der Waals surface area contributed by atoms with E-state index in [2.05, 4.69) is 185 Å². The fraction of sp³-hybridized carbons (Fsp3) is 0.457. The molecule has 9 rings (SSSR count). The lowest BCUT2D eigenvalue weighted by atomic mass is 9.70. The molecule has 0 atom stereocenters. The highest BCUT2D eigenvalue weighted by molar-refractivity contribution is 6.08. The summed E-state index contributed by atoms with van der Waals surface area (Å²) in [6.07, 6.45) is 45.4. The van der Waals surface area contributed by atoms with Crippen LogP contribution in [0.2, 0.25) is 0 Å². The van der Waals surface area contributed by atoms with Crippen molar-refractivity contribution in [3.05, 3.63) is 186 Å². The van der Waals surface area contributed by atoms with Gasteiger partial charge in [0, 0.05) is 5.41 Å². The summed E-state index contributed by atoms with van der Waals surface area (Å²) in [5.41, 5.74) is 21.6. The maximum Gasteiger partial charge on any atom is 0.119 e. The Morgan fingerprint density at radius 2 is 0.634 bits per heavy atom. The van der Waals surface area contributed by atoms with Gasteiger partial charge in [0.05, 0.1) is 6.61 Å². The van der Waals surface area contributed by atoms with Crippen molar-refractivity contribution >= 4 is 11.6 Å². The molecule has 0 fully saturated rings. The van der Waals surface area contributed by atoms with E-state index >= 15 is 0 Å². The Kier molecular flexibility index (Phi) is 24.3. The Bertz CT molecular complexity index is 2990. The van der Waals surface area contributed by atoms with Gasteiger partial charge in [-0.15, -0.1) is 0 Å². The molecule has 0 aliphatic heterocycles. The second kappa shape index (κ2) is 32.8. The molecule has 82 heavy (non-hydrogen) atoms. The lowest BCUT2D eigenvalue weighted by molar-refractivity contribution is 0.304. The van der Waals surface area contributed by atoms with Gasteiger partial charge in [-0.05, 0) is 151 Å². The van der Waals surface area contributed by atoms with Crippen molar-refractivity contribution in [3.8, 4) is 61.4 Å². The van der Waals surface area contributed by atoms with Crippen molar-refractivity contribution in [2.24, 2.45) is 0 Å². The zero-order valence-electron chi connectivity index (χ0n) is 51.3. The van der Waals surface area contributed by atoms with Gasteiger partial charge in [0.1, 0.15) is 5.75 Å². The van der Waals surface area contributed by atoms with Crippen LogP contribution in [0.15, 0.2) is 158 Å². The van der Waals surface area contributed by atoms with Crippen LogP contribution in [0.25, 0.3) is 67.3 Å². The summed E-state index contributed by atoms with van der Waals surface area (Å²) in [6.45, 7) is 7.73. The summed E-state index contributed by atoms with van der Waals surface area (Å²) in [5, 5.41) is 0. The first-order valence-corrected chi connectivity index (χ1v) is 33.7. The van der Waals surface area contributed by atoms with E-state index in [1.165, 1.54) is 277 Å². The number of rotatable bonds is 38. The average molecular weight is 1090 g/mol. The van der Waals surface area contributed by atoms with E-state index < -0.39 is 0 Å². The highest BCUT2D eigenvalue weighted by atomic mass is 16.5. The lowest BCUT2D eigenvalue weighted by Crippen LogP contribution is -2.25. The van der Waals surface area contributed by atoms with E-state index in [1.807, 2.05) is 0 Å². The molecule has 0 saturated carbocycles. The smallest absolute Gasteiger partial charge is 0.119 e. The number of hydrogen-bond acceptors (Lipinski definition) is 1. The summed E-state index contributed by atoms with van der Waals surface area (Å²) in [7, 11) is 0. The van der Waals surface area contributed by atoms with Gasteiger partial charge in [0.25, 0.3) is 0 Å². The van der Waals surface area contributed by atoms with Gasteiger partial charge in [-0.2, -0.15) is 0 Å². The molecule has 0 aromatic heterocycles. The van der Waals surface area contributed by atoms with Gasteiger partial charge in [-0.25, -0.2) is 0 Å². The minimum Gasteiger partial charge on any atom is -0.494 e. The first kappa shape index (κ1) is 60.7. The summed E-state index contributed by atoms with van der Waals surface area (Å²) in [6, 6.07) is 60.6. The zero-order valence-corrected chi connectivity index (χ0v) is 51.3. The van der Waals surface area contributed by atoms with Gasteiger partial charge in [0.15, 0.2) is 0 Å². The molecule has 2 aliphatic rings. The van der Waals surface area contributed by atoms with Crippen LogP contribution < -0.4 is 4.74 Å². The van der Waals surface area contributed by atoms with Crippen molar-refractivity contribution in [2.75, 3.05) is 6.61 Å². The summed E-state index contributed by atoms with van der Waals surface area (Å²) in [5.74, 6) is 0.964. The van der Waals surface area contributed by atoms with Crippen LogP contribution in [0.5, 0.6) is 5.75 Å². The third-order valence-corrected chi connectivity index (χ3v) is 18.7. The van der Waals surface area contributed by atoms with E-state index in [4.69, 9.17) is 4.74 Å². The first-order chi connectivity index (χ1) is 40.6. The highest BCUT2D eigenvalue weighted by Crippen LogP contribution is 2.56. The molecular weight excluding hydrogens is 989 g/mol. The van der Waals surface area contributed by atoms with E-state index in [9.17, 15) is 0 Å². The highest BCUT2D eigenvalue weighted by Gasteiger charge is 2.43. The summed E-state index contributed by atoms with van der Waals surface area (Å²) in [4.78, 5) is 0. The summed E-state index contributed by atoms with van der Waals surface area (Å²) >= 11 is 0. The Morgan fingerprint density at radius 3 is 1.05 bits per heavy atom. The second-order valence-corrected chi connectivity index (χ2v) is 24.9. The topological polar surface area (TPSA) is 9.23 Å². The molecule has 1 nitrogen and oxygen atoms in total. The van der Waals surface area contributed by atoms with Gasteiger partial charge >= 0.3 is 0 Å². The quantitative estimate of drug-likeness (QED) is 0.0351. The van der Waals surface area contributed by atoms with Crippen molar-refractivity contribution < 1.29 is 4.74 Å². The second-order valence-electron chi connectivity index (χ2n) is 24.9. The normalized spacial score (nSPS) is 13.3. The van der Waals surface area contributed by atoms with Crippen LogP contribution >= 0.6 is 0 Å². The number of benzene rings is 7. The predicted octanol–water partition coefficient (Wildman–Crippen LogP) is 25.4. The van der Waals surface area contributed by atoms with Gasteiger partial charge in [0.2, 0.25) is 0 Å². The molecule has 0 radical (unpaired) electrons. The SMILES string of the molecule is CCCCCCCCCCCCOc1ccc(/C=C2/c3cc(-c4ccccc4)ccc3-c3ccc(-c4ccc5c(c4)C(CCCCCCCCCCCC)(CCCCCCCCCCCC)c4cc(-c6ccccc6)ccc4-5)cc32)cc1. The Hall–Kier alpha value is -5.92. The van der Waals surface area contributed by atoms with E-state index in [-0.39, 0.29) is 5.41 Å².